The van der Waals surface area contributed by atoms with E-state index < -0.39 is 0 Å². The monoisotopic (exact) mass is 378 g/mol. The molecule has 0 saturated heterocycles. The van der Waals surface area contributed by atoms with E-state index in [4.69, 9.17) is 0 Å². The fourth-order valence-electron chi connectivity index (χ4n) is 2.69. The Kier molecular flexibility index (Phi) is 6.44. The van der Waals surface area contributed by atoms with Crippen molar-refractivity contribution < 1.29 is 4.79 Å². The van der Waals surface area contributed by atoms with Gasteiger partial charge in [-0.2, -0.15) is 0 Å². The fraction of sp³-hybridized carbons (Fsp3) is 0.190. The number of thioether (sulfide) groups is 1. The van der Waals surface area contributed by atoms with Crippen molar-refractivity contribution in [2.75, 3.05) is 5.32 Å². The molecule has 0 aliphatic carbocycles. The lowest BCUT2D eigenvalue weighted by Gasteiger charge is -2.15. The number of rotatable bonds is 8. The molecule has 27 heavy (non-hydrogen) atoms. The highest BCUT2D eigenvalue weighted by Crippen LogP contribution is 2.29. The van der Waals surface area contributed by atoms with Crippen molar-refractivity contribution in [3.63, 3.8) is 0 Å². The number of carbonyl (C=O) groups is 1. The number of aromatic nitrogens is 3. The molecular weight excluding hydrogens is 356 g/mol. The Hall–Kier alpha value is -2.86. The molecule has 138 valence electrons. The highest BCUT2D eigenvalue weighted by Gasteiger charge is 2.23. The summed E-state index contributed by atoms with van der Waals surface area (Å²) < 4.78 is 2.03. The number of para-hydroxylation sites is 1. The molecule has 5 nitrogen and oxygen atoms in total. The van der Waals surface area contributed by atoms with Gasteiger partial charge in [0, 0.05) is 17.8 Å². The van der Waals surface area contributed by atoms with Gasteiger partial charge in [-0.3, -0.25) is 4.79 Å². The third-order valence-electron chi connectivity index (χ3n) is 4.03. The molecule has 1 unspecified atom stereocenters. The van der Waals surface area contributed by atoms with Crippen LogP contribution in [0.4, 0.5) is 5.69 Å². The van der Waals surface area contributed by atoms with Gasteiger partial charge in [0.05, 0.1) is 5.25 Å². The smallest absolute Gasteiger partial charge is 0.238 e. The molecule has 1 heterocycles. The number of nitrogens with zero attached hydrogens (tertiary/aromatic N) is 3. The summed E-state index contributed by atoms with van der Waals surface area (Å²) in [6, 6.07) is 19.4. The van der Waals surface area contributed by atoms with Crippen molar-refractivity contribution in [1.82, 2.24) is 14.8 Å². The van der Waals surface area contributed by atoms with E-state index >= 15 is 0 Å². The average molecular weight is 379 g/mol. The number of anilines is 1. The Labute approximate surface area is 163 Å². The zero-order valence-corrected chi connectivity index (χ0v) is 16.0. The number of carbonyl (C=O) groups excluding carboxylic acids is 1. The minimum Gasteiger partial charge on any atom is -0.325 e. The molecule has 1 amide bonds. The van der Waals surface area contributed by atoms with Crippen LogP contribution in [0.3, 0.4) is 0 Å². The van der Waals surface area contributed by atoms with Crippen molar-refractivity contribution in [3.05, 3.63) is 73.3 Å². The third kappa shape index (κ3) is 4.65. The highest BCUT2D eigenvalue weighted by atomic mass is 32.2. The molecule has 1 N–H and O–H groups in total. The Morgan fingerprint density at radius 1 is 1.15 bits per heavy atom. The molecular formula is C21H22N4OS. The van der Waals surface area contributed by atoms with Crippen LogP contribution >= 0.6 is 11.8 Å². The lowest BCUT2D eigenvalue weighted by molar-refractivity contribution is -0.115. The molecule has 6 heteroatoms. The molecule has 0 spiro atoms. The van der Waals surface area contributed by atoms with E-state index in [0.29, 0.717) is 6.42 Å². The van der Waals surface area contributed by atoms with Crippen molar-refractivity contribution in [1.29, 1.82) is 0 Å². The molecule has 3 aromatic rings. The summed E-state index contributed by atoms with van der Waals surface area (Å²) in [6.07, 6.45) is 2.30. The predicted octanol–water partition coefficient (Wildman–Crippen LogP) is 4.64. The van der Waals surface area contributed by atoms with Gasteiger partial charge in [0.1, 0.15) is 0 Å². The van der Waals surface area contributed by atoms with Crippen LogP contribution < -0.4 is 5.32 Å². The summed E-state index contributed by atoms with van der Waals surface area (Å²) in [5, 5.41) is 12.0. The number of benzene rings is 2. The molecule has 0 fully saturated rings. The van der Waals surface area contributed by atoms with Crippen LogP contribution in [0.5, 0.6) is 0 Å². The third-order valence-corrected chi connectivity index (χ3v) is 5.23. The van der Waals surface area contributed by atoms with Crippen molar-refractivity contribution in [2.24, 2.45) is 0 Å². The van der Waals surface area contributed by atoms with Gasteiger partial charge in [-0.1, -0.05) is 66.4 Å². The standard InChI is InChI=1S/C21H22N4OS/c1-3-11-18(20(26)22-17-14-9-6-10-15-17)27-21-24-23-19(25(21)4-2)16-12-7-5-8-13-16/h3,5-10,12-15,18H,1,4,11H2,2H3,(H,22,26). The van der Waals surface area contributed by atoms with E-state index in [1.54, 1.807) is 6.08 Å². The van der Waals surface area contributed by atoms with Crippen LogP contribution in [0.1, 0.15) is 13.3 Å². The number of hydrogen-bond acceptors (Lipinski definition) is 4. The van der Waals surface area contributed by atoms with E-state index in [1.165, 1.54) is 11.8 Å². The first-order chi connectivity index (χ1) is 13.2. The van der Waals surface area contributed by atoms with Gasteiger partial charge < -0.3 is 9.88 Å². The minimum atomic E-state index is -0.333. The quantitative estimate of drug-likeness (QED) is 0.458. The van der Waals surface area contributed by atoms with Crippen LogP contribution in [-0.4, -0.2) is 25.9 Å². The zero-order valence-electron chi connectivity index (χ0n) is 15.2. The summed E-state index contributed by atoms with van der Waals surface area (Å²) >= 11 is 1.41. The van der Waals surface area contributed by atoms with E-state index in [1.807, 2.05) is 72.2 Å². The molecule has 1 aromatic heterocycles. The van der Waals surface area contributed by atoms with Gasteiger partial charge in [-0.05, 0) is 25.5 Å². The van der Waals surface area contributed by atoms with Crippen LogP contribution in [-0.2, 0) is 11.3 Å². The van der Waals surface area contributed by atoms with E-state index in [0.717, 1.165) is 28.8 Å². The van der Waals surface area contributed by atoms with Crippen LogP contribution in [0.2, 0.25) is 0 Å². The molecule has 3 rings (SSSR count). The second-order valence-corrected chi connectivity index (χ2v) is 7.07. The maximum Gasteiger partial charge on any atom is 0.238 e. The molecule has 0 aliphatic heterocycles. The first kappa shape index (κ1) is 18.9. The van der Waals surface area contributed by atoms with Gasteiger partial charge in [0.2, 0.25) is 5.91 Å². The topological polar surface area (TPSA) is 59.8 Å². The lowest BCUT2D eigenvalue weighted by atomic mass is 10.2. The van der Waals surface area contributed by atoms with Gasteiger partial charge >= 0.3 is 0 Å². The second kappa shape index (κ2) is 9.19. The van der Waals surface area contributed by atoms with Crippen molar-refractivity contribution in [3.8, 4) is 11.4 Å². The summed E-state index contributed by atoms with van der Waals surface area (Å²) in [7, 11) is 0. The molecule has 0 saturated carbocycles. The Morgan fingerprint density at radius 2 is 1.81 bits per heavy atom. The van der Waals surface area contributed by atoms with Crippen molar-refractivity contribution in [2.45, 2.75) is 30.3 Å². The SMILES string of the molecule is C=CCC(Sc1nnc(-c2ccccc2)n1CC)C(=O)Nc1ccccc1. The van der Waals surface area contributed by atoms with Gasteiger partial charge in [0.15, 0.2) is 11.0 Å². The van der Waals surface area contributed by atoms with Crippen LogP contribution in [0.15, 0.2) is 78.5 Å². The first-order valence-electron chi connectivity index (χ1n) is 8.85. The van der Waals surface area contributed by atoms with E-state index in [-0.39, 0.29) is 11.2 Å². The molecule has 0 bridgehead atoms. The van der Waals surface area contributed by atoms with Crippen LogP contribution in [0.25, 0.3) is 11.4 Å². The molecule has 1 atom stereocenters. The summed E-state index contributed by atoms with van der Waals surface area (Å²) in [4.78, 5) is 12.7. The van der Waals surface area contributed by atoms with Crippen molar-refractivity contribution >= 4 is 23.4 Å². The van der Waals surface area contributed by atoms with E-state index in [9.17, 15) is 4.79 Å². The lowest BCUT2D eigenvalue weighted by Crippen LogP contribution is -2.25. The summed E-state index contributed by atoms with van der Waals surface area (Å²) in [5.41, 5.74) is 1.78. The Bertz CT molecular complexity index is 893. The summed E-state index contributed by atoms with van der Waals surface area (Å²) in [6.45, 7) is 6.56. The maximum absolute atomic E-state index is 12.7. The predicted molar refractivity (Wildman–Crippen MR) is 111 cm³/mol. The average Bonchev–Trinajstić information content (AvgIpc) is 3.11. The normalized spacial score (nSPS) is 11.7. The summed E-state index contributed by atoms with van der Waals surface area (Å²) in [5.74, 6) is 0.736. The second-order valence-electron chi connectivity index (χ2n) is 5.90. The number of amides is 1. The molecule has 0 aliphatic rings. The molecule has 0 radical (unpaired) electrons. The largest absolute Gasteiger partial charge is 0.325 e. The minimum absolute atomic E-state index is 0.0713. The zero-order chi connectivity index (χ0) is 19.1. The number of allylic oxidation sites excluding steroid dienone is 1. The van der Waals surface area contributed by atoms with Gasteiger partial charge in [-0.25, -0.2) is 0 Å². The van der Waals surface area contributed by atoms with Gasteiger partial charge in [-0.15, -0.1) is 16.8 Å². The van der Waals surface area contributed by atoms with Crippen LogP contribution in [0, 0.1) is 0 Å². The first-order valence-corrected chi connectivity index (χ1v) is 9.73. The van der Waals surface area contributed by atoms with Gasteiger partial charge in [0.25, 0.3) is 0 Å². The maximum atomic E-state index is 12.7. The molecule has 2 aromatic carbocycles. The Morgan fingerprint density at radius 3 is 2.44 bits per heavy atom. The Balaban J connectivity index is 1.81. The fourth-order valence-corrected chi connectivity index (χ4v) is 3.78. The number of nitrogens with one attached hydrogen (secondary N) is 1. The van der Waals surface area contributed by atoms with E-state index in [2.05, 4.69) is 22.1 Å². The number of hydrogen-bond donors (Lipinski definition) is 1. The highest BCUT2D eigenvalue weighted by molar-refractivity contribution is 8.00.